The van der Waals surface area contributed by atoms with Crippen LogP contribution in [0.15, 0.2) is 85.9 Å². The zero-order chi connectivity index (χ0) is 40.7. The summed E-state index contributed by atoms with van der Waals surface area (Å²) in [7, 11) is 5.42. The minimum Gasteiger partial charge on any atom is -0.481 e. The highest BCUT2D eigenvalue weighted by Gasteiger charge is 2.65. The summed E-state index contributed by atoms with van der Waals surface area (Å²) in [5.74, 6) is 0.775. The van der Waals surface area contributed by atoms with E-state index in [0.717, 1.165) is 27.7 Å². The topological polar surface area (TPSA) is 173 Å². The van der Waals surface area contributed by atoms with Crippen LogP contribution in [0.3, 0.4) is 0 Å². The van der Waals surface area contributed by atoms with E-state index < -0.39 is 28.7 Å². The van der Waals surface area contributed by atoms with Gasteiger partial charge in [0.2, 0.25) is 5.91 Å². The zero-order valence-corrected chi connectivity index (χ0v) is 34.8. The van der Waals surface area contributed by atoms with Crippen molar-refractivity contribution < 1.29 is 33.4 Å². The first-order valence-corrected chi connectivity index (χ1v) is 22.6. The van der Waals surface area contributed by atoms with Gasteiger partial charge in [-0.15, -0.1) is 0 Å². The van der Waals surface area contributed by atoms with Gasteiger partial charge in [0.1, 0.15) is 11.3 Å². The molecule has 2 bridgehead atoms. The molecule has 2 fully saturated rings. The second-order valence-electron chi connectivity index (χ2n) is 16.9. The summed E-state index contributed by atoms with van der Waals surface area (Å²) in [6.45, 7) is 5.78. The van der Waals surface area contributed by atoms with E-state index in [2.05, 4.69) is 16.7 Å². The van der Waals surface area contributed by atoms with Crippen molar-refractivity contribution in [3.05, 3.63) is 98.2 Å². The van der Waals surface area contributed by atoms with Gasteiger partial charge in [0.15, 0.2) is 17.0 Å². The number of nitrogens with zero attached hydrogens (tertiary/aromatic N) is 1. The molecule has 1 spiro atoms. The number of esters is 1. The molecule has 4 aliphatic heterocycles. The van der Waals surface area contributed by atoms with E-state index >= 15 is 0 Å². The van der Waals surface area contributed by atoms with Crippen molar-refractivity contribution in [1.29, 1.82) is 0 Å². The number of hydrogen-bond acceptors (Lipinski definition) is 13. The summed E-state index contributed by atoms with van der Waals surface area (Å²) in [4.78, 5) is 57.1. The van der Waals surface area contributed by atoms with E-state index in [1.54, 1.807) is 53.7 Å². The van der Waals surface area contributed by atoms with Gasteiger partial charge < -0.3 is 40.3 Å². The summed E-state index contributed by atoms with van der Waals surface area (Å²) in [5.41, 5.74) is 8.78. The molecular formula is C44H50N4O8S2. The number of dihydropyridines is 1. The quantitative estimate of drug-likeness (QED) is 0.106. The number of ketones is 1. The molecule has 12 nitrogen and oxygen atoms in total. The van der Waals surface area contributed by atoms with Crippen LogP contribution < -0.4 is 26.7 Å². The number of benzene rings is 1. The fourth-order valence-corrected chi connectivity index (χ4v) is 13.8. The number of amides is 1. The van der Waals surface area contributed by atoms with Crippen LogP contribution in [0.1, 0.15) is 57.6 Å². The van der Waals surface area contributed by atoms with Gasteiger partial charge in [0.05, 0.1) is 30.2 Å². The van der Waals surface area contributed by atoms with Gasteiger partial charge in [-0.3, -0.25) is 9.59 Å². The normalized spacial score (nSPS) is 34.0. The molecule has 9 atom stereocenters. The summed E-state index contributed by atoms with van der Waals surface area (Å²) in [5, 5.41) is 17.0. The summed E-state index contributed by atoms with van der Waals surface area (Å²) >= 11 is 0. The third-order valence-electron chi connectivity index (χ3n) is 13.8. The first-order valence-electron chi connectivity index (χ1n) is 20.3. The van der Waals surface area contributed by atoms with E-state index in [-0.39, 0.29) is 59.9 Å². The summed E-state index contributed by atoms with van der Waals surface area (Å²) in [6.07, 6.45) is 11.8. The number of nitrogens with two attached hydrogens (primary N) is 1. The highest BCUT2D eigenvalue weighted by Crippen LogP contribution is 2.59. The van der Waals surface area contributed by atoms with E-state index in [9.17, 15) is 24.3 Å². The lowest BCUT2D eigenvalue weighted by molar-refractivity contribution is -0.186. The summed E-state index contributed by atoms with van der Waals surface area (Å²) in [6, 6.07) is 5.38. The van der Waals surface area contributed by atoms with Crippen LogP contribution >= 0.6 is 21.6 Å². The van der Waals surface area contributed by atoms with Gasteiger partial charge in [-0.2, -0.15) is 0 Å². The maximum atomic E-state index is 14.8. The molecule has 5 N–H and O–H groups in total. The number of ether oxygens (including phenoxy) is 2. The predicted molar refractivity (Wildman–Crippen MR) is 224 cm³/mol. The molecule has 0 radical (unpaired) electrons. The van der Waals surface area contributed by atoms with E-state index in [0.29, 0.717) is 72.7 Å². The largest absolute Gasteiger partial charge is 0.481 e. The number of aliphatic hydroxyl groups excluding tert-OH is 1. The minimum atomic E-state index is -1.20. The number of nitrogens with one attached hydrogen (secondary N) is 2. The molecule has 1 amide bonds. The molecule has 7 aliphatic rings. The van der Waals surface area contributed by atoms with E-state index in [1.807, 2.05) is 43.2 Å². The third kappa shape index (κ3) is 6.11. The molecule has 2 aromatic rings. The lowest BCUT2D eigenvalue weighted by atomic mass is 9.61. The van der Waals surface area contributed by atoms with Gasteiger partial charge >= 0.3 is 11.6 Å². The van der Waals surface area contributed by atoms with Crippen molar-refractivity contribution in [3.8, 4) is 5.75 Å². The number of fused-ring (bicyclic) bond motifs is 7. The van der Waals surface area contributed by atoms with Crippen LogP contribution in [0.4, 0.5) is 0 Å². The maximum Gasteiger partial charge on any atom is 0.339 e. The van der Waals surface area contributed by atoms with Gasteiger partial charge in [-0.05, 0) is 88.1 Å². The predicted octanol–water partition coefficient (Wildman–Crippen LogP) is 4.40. The first-order chi connectivity index (χ1) is 27.9. The van der Waals surface area contributed by atoms with Crippen LogP contribution in [-0.4, -0.2) is 88.2 Å². The third-order valence-corrected chi connectivity index (χ3v) is 16.6. The Balaban J connectivity index is 1.19. The van der Waals surface area contributed by atoms with Crippen molar-refractivity contribution in [2.45, 2.75) is 93.9 Å². The molecule has 5 heterocycles. The zero-order valence-electron chi connectivity index (χ0n) is 33.2. The standard InChI is InChI=1S/C44H50N4O8S2/c1-5-22(2)41(52)56-43(3)11-10-24-21-57-58-34-16-29-31(50)9-8-30-37(39(29)46-4)40(34)48(30)36(51)15-27-20-47-35(45)17-28(27)38(24)44(43)19-26-14-25-13-23(7-6-12-49)42(53)54-32(25)18-33(26)55-44/h5,8-10,13-14,17-18,29-30,34,37-40,46-47,49H,6-7,11-12,15-16,19-21,45H2,1-4H3/b22-5+/t29-,30+,34+,37+,38-,39+,40-,43-,44-/m1/s1. The number of carbonyl (C=O) groups is 3. The van der Waals surface area contributed by atoms with Crippen molar-refractivity contribution in [3.63, 3.8) is 0 Å². The Hall–Kier alpha value is -4.24. The number of carbonyl (C=O) groups excluding carboxylic acids is 3. The van der Waals surface area contributed by atoms with Crippen LogP contribution in [0.2, 0.25) is 0 Å². The fraction of sp³-hybridized carbons (Fsp3) is 0.500. The molecular weight excluding hydrogens is 777 g/mol. The molecule has 1 aromatic heterocycles. The lowest BCUT2D eigenvalue weighted by Crippen LogP contribution is -2.75. The molecule has 9 rings (SSSR count). The van der Waals surface area contributed by atoms with Gasteiger partial charge in [-0.25, -0.2) is 9.59 Å². The van der Waals surface area contributed by atoms with Crippen molar-refractivity contribution >= 4 is 50.2 Å². The van der Waals surface area contributed by atoms with Crippen molar-refractivity contribution in [1.82, 2.24) is 15.5 Å². The minimum absolute atomic E-state index is 0.0000135. The second-order valence-corrected chi connectivity index (χ2v) is 19.5. The van der Waals surface area contributed by atoms with Gasteiger partial charge in [-0.1, -0.05) is 45.4 Å². The maximum absolute atomic E-state index is 14.8. The van der Waals surface area contributed by atoms with Crippen LogP contribution in [-0.2, 0) is 32.0 Å². The SMILES string of the molecule is C/C=C(\C)C(=O)O[C@]1(C)CC=C2CSS[C@H]3C[C@@H]4C(=O)C=C[C@H]5[C@@H]([C@H]4NC)[C@@H]3N5C(=O)CC3=C(C=C(N)NC3)[C@@H]2[C@]12Cc1cc3cc(CCCO)c(=O)oc3cc1O2. The Labute approximate surface area is 345 Å². The van der Waals surface area contributed by atoms with Gasteiger partial charge in [0.25, 0.3) is 0 Å². The smallest absolute Gasteiger partial charge is 0.339 e. The van der Waals surface area contributed by atoms with Crippen LogP contribution in [0, 0.1) is 17.8 Å². The van der Waals surface area contributed by atoms with Crippen LogP contribution in [0.25, 0.3) is 11.0 Å². The number of allylic oxidation sites excluding steroid dienone is 3. The molecule has 58 heavy (non-hydrogen) atoms. The van der Waals surface area contributed by atoms with Gasteiger partial charge in [0, 0.05) is 77.5 Å². The Bertz CT molecular complexity index is 2330. The Morgan fingerprint density at radius 2 is 2.07 bits per heavy atom. The highest BCUT2D eigenvalue weighted by molar-refractivity contribution is 8.77. The Morgan fingerprint density at radius 3 is 2.84 bits per heavy atom. The molecule has 3 aliphatic carbocycles. The monoisotopic (exact) mass is 826 g/mol. The average molecular weight is 827 g/mol. The van der Waals surface area contributed by atoms with E-state index in [4.69, 9.17) is 19.6 Å². The molecule has 14 heteroatoms. The average Bonchev–Trinajstić information content (AvgIpc) is 3.56. The molecule has 1 aromatic carbocycles. The summed E-state index contributed by atoms with van der Waals surface area (Å²) < 4.78 is 19.7. The Morgan fingerprint density at radius 1 is 1.24 bits per heavy atom. The Kier molecular flexibility index (Phi) is 10.0. The number of aryl methyl sites for hydroxylation is 1. The fourth-order valence-electron chi connectivity index (χ4n) is 10.8. The highest BCUT2D eigenvalue weighted by atomic mass is 33.1. The van der Waals surface area contributed by atoms with Crippen LogP contribution in [0.5, 0.6) is 5.75 Å². The molecule has 1 saturated carbocycles. The molecule has 0 unspecified atom stereocenters. The molecule has 1 saturated heterocycles. The van der Waals surface area contributed by atoms with Crippen molar-refractivity contribution in [2.75, 3.05) is 26.0 Å². The number of aliphatic hydroxyl groups is 1. The molecule has 306 valence electrons. The first kappa shape index (κ1) is 39.2. The van der Waals surface area contributed by atoms with Crippen molar-refractivity contribution in [2.24, 2.45) is 23.5 Å². The second kappa shape index (κ2) is 14.8. The lowest BCUT2D eigenvalue weighted by Gasteiger charge is -2.62. The number of rotatable bonds is 6. The number of hydrogen-bond donors (Lipinski definition) is 4. The van der Waals surface area contributed by atoms with E-state index in [1.165, 1.54) is 0 Å².